The lowest BCUT2D eigenvalue weighted by atomic mass is 9.44. The van der Waals surface area contributed by atoms with Crippen molar-refractivity contribution in [2.75, 3.05) is 0 Å². The van der Waals surface area contributed by atoms with Gasteiger partial charge in [0.05, 0.1) is 12.3 Å². The molecule has 0 unspecified atom stereocenters. The predicted molar refractivity (Wildman–Crippen MR) is 142 cm³/mol. The first-order valence-corrected chi connectivity index (χ1v) is 14.4. The second-order valence-corrected chi connectivity index (χ2v) is 13.0. The molecule has 192 valence electrons. The maximum absolute atomic E-state index is 12.5. The van der Waals surface area contributed by atoms with Crippen LogP contribution in [0.1, 0.15) is 97.0 Å². The number of benzene rings is 1. The molecule has 1 amide bonds. The number of nitrogens with one attached hydrogen (secondary N) is 1. The number of hydrogen-bond acceptors (Lipinski definition) is 3. The van der Waals surface area contributed by atoms with Crippen LogP contribution < -0.4 is 5.43 Å². The summed E-state index contributed by atoms with van der Waals surface area (Å²) in [5.74, 6) is 4.64. The second-order valence-electron chi connectivity index (χ2n) is 13.0. The van der Waals surface area contributed by atoms with Crippen molar-refractivity contribution < 1.29 is 9.90 Å². The van der Waals surface area contributed by atoms with Gasteiger partial charge in [-0.1, -0.05) is 51.1 Å². The van der Waals surface area contributed by atoms with Crippen molar-refractivity contribution in [1.29, 1.82) is 0 Å². The molecule has 0 saturated heterocycles. The van der Waals surface area contributed by atoms with E-state index < -0.39 is 0 Å². The molecular formula is C31H46N2O2. The maximum Gasteiger partial charge on any atom is 0.240 e. The van der Waals surface area contributed by atoms with Crippen molar-refractivity contribution in [3.63, 3.8) is 0 Å². The molecule has 2 N–H and O–H groups in total. The molecule has 0 spiro atoms. The number of rotatable bonds is 6. The average Bonchev–Trinajstić information content (AvgIpc) is 3.21. The highest BCUT2D eigenvalue weighted by Gasteiger charge is 2.60. The topological polar surface area (TPSA) is 61.7 Å². The maximum atomic E-state index is 12.5. The van der Waals surface area contributed by atoms with E-state index in [9.17, 15) is 9.90 Å². The highest BCUT2D eigenvalue weighted by molar-refractivity contribution is 5.82. The van der Waals surface area contributed by atoms with Gasteiger partial charge in [0.25, 0.3) is 0 Å². The van der Waals surface area contributed by atoms with Crippen molar-refractivity contribution in [3.05, 3.63) is 35.9 Å². The highest BCUT2D eigenvalue weighted by Crippen LogP contribution is 2.68. The molecule has 0 aliphatic heterocycles. The third-order valence-electron chi connectivity index (χ3n) is 11.4. The molecule has 4 aliphatic carbocycles. The minimum Gasteiger partial charge on any atom is -0.393 e. The highest BCUT2D eigenvalue weighted by atomic mass is 16.3. The van der Waals surface area contributed by atoms with Gasteiger partial charge in [-0.3, -0.25) is 4.79 Å². The number of amides is 1. The van der Waals surface area contributed by atoms with Gasteiger partial charge >= 0.3 is 0 Å². The summed E-state index contributed by atoms with van der Waals surface area (Å²) in [4.78, 5) is 12.5. The van der Waals surface area contributed by atoms with E-state index in [1.165, 1.54) is 44.9 Å². The summed E-state index contributed by atoms with van der Waals surface area (Å²) in [5, 5.41) is 14.4. The number of aliphatic hydroxyl groups is 1. The zero-order valence-electron chi connectivity index (χ0n) is 22.1. The summed E-state index contributed by atoms with van der Waals surface area (Å²) >= 11 is 0. The summed E-state index contributed by atoms with van der Waals surface area (Å²) in [6.45, 7) is 7.58. The first kappa shape index (κ1) is 25.0. The van der Waals surface area contributed by atoms with Crippen LogP contribution in [0.25, 0.3) is 0 Å². The minimum atomic E-state index is -0.0589. The molecule has 9 atom stereocenters. The van der Waals surface area contributed by atoms with Crippen LogP contribution >= 0.6 is 0 Å². The normalized spacial score (nSPS) is 41.6. The number of aliphatic hydroxyl groups excluding tert-OH is 1. The van der Waals surface area contributed by atoms with Crippen LogP contribution in [0.4, 0.5) is 0 Å². The molecule has 1 aromatic carbocycles. The van der Waals surface area contributed by atoms with Crippen LogP contribution in [0.15, 0.2) is 35.4 Å². The zero-order valence-corrected chi connectivity index (χ0v) is 22.1. The Morgan fingerprint density at radius 1 is 1.06 bits per heavy atom. The molecule has 4 saturated carbocycles. The van der Waals surface area contributed by atoms with Gasteiger partial charge in [-0.25, -0.2) is 5.43 Å². The Labute approximate surface area is 212 Å². The number of hydrogen-bond donors (Lipinski definition) is 2. The lowest BCUT2D eigenvalue weighted by Gasteiger charge is -2.61. The Morgan fingerprint density at radius 2 is 1.80 bits per heavy atom. The fraction of sp³-hybridized carbons (Fsp3) is 0.742. The molecule has 35 heavy (non-hydrogen) atoms. The molecule has 4 heteroatoms. The number of nitrogens with zero attached hydrogens (tertiary/aromatic N) is 1. The van der Waals surface area contributed by atoms with E-state index in [2.05, 4.69) is 31.3 Å². The van der Waals surface area contributed by atoms with Crippen molar-refractivity contribution in [2.24, 2.45) is 51.4 Å². The first-order chi connectivity index (χ1) is 16.8. The molecule has 0 aromatic heterocycles. The number of carbonyl (C=O) groups excluding carboxylic acids is 1. The van der Waals surface area contributed by atoms with Gasteiger partial charge in [-0.2, -0.15) is 5.10 Å². The van der Waals surface area contributed by atoms with E-state index in [1.807, 2.05) is 30.3 Å². The van der Waals surface area contributed by atoms with E-state index in [4.69, 9.17) is 0 Å². The summed E-state index contributed by atoms with van der Waals surface area (Å²) in [6, 6.07) is 9.88. The lowest BCUT2D eigenvalue weighted by molar-refractivity contribution is -0.129. The van der Waals surface area contributed by atoms with Gasteiger partial charge in [0.1, 0.15) is 0 Å². The third kappa shape index (κ3) is 4.72. The van der Waals surface area contributed by atoms with E-state index in [1.54, 1.807) is 6.21 Å². The van der Waals surface area contributed by atoms with Crippen LogP contribution in [0.3, 0.4) is 0 Å². The van der Waals surface area contributed by atoms with Gasteiger partial charge in [0.15, 0.2) is 0 Å². The Bertz CT molecular complexity index is 916. The Hall–Kier alpha value is -1.68. The van der Waals surface area contributed by atoms with E-state index in [0.717, 1.165) is 54.4 Å². The number of hydrazone groups is 1. The van der Waals surface area contributed by atoms with Gasteiger partial charge in [-0.15, -0.1) is 0 Å². The van der Waals surface area contributed by atoms with Crippen molar-refractivity contribution in [1.82, 2.24) is 5.43 Å². The Kier molecular flexibility index (Phi) is 7.14. The largest absolute Gasteiger partial charge is 0.393 e. The second kappa shape index (κ2) is 10.00. The minimum absolute atomic E-state index is 0.0261. The number of fused-ring (bicyclic) bond motifs is 5. The summed E-state index contributed by atoms with van der Waals surface area (Å²) in [7, 11) is 0. The molecule has 4 nitrogen and oxygen atoms in total. The predicted octanol–water partition coefficient (Wildman–Crippen LogP) is 6.57. The molecule has 0 heterocycles. The lowest BCUT2D eigenvalue weighted by Crippen LogP contribution is -2.54. The fourth-order valence-electron chi connectivity index (χ4n) is 9.54. The van der Waals surface area contributed by atoms with Crippen molar-refractivity contribution in [3.8, 4) is 0 Å². The fourth-order valence-corrected chi connectivity index (χ4v) is 9.54. The van der Waals surface area contributed by atoms with Crippen LogP contribution in [0.2, 0.25) is 0 Å². The van der Waals surface area contributed by atoms with Crippen molar-refractivity contribution in [2.45, 2.75) is 97.5 Å². The molecule has 0 bridgehead atoms. The van der Waals surface area contributed by atoms with Gasteiger partial charge in [0.2, 0.25) is 5.91 Å². The van der Waals surface area contributed by atoms with Crippen LogP contribution in [-0.4, -0.2) is 23.3 Å². The standard InChI is InChI=1S/C31H46N2O2/c1-21(9-14-29(35)33-32-20-22-7-5-4-6-8-22)26-12-13-27-25-11-10-23-19-24(34)15-17-30(23,2)28(25)16-18-31(26,27)3/h4-8,20-21,23-28,34H,9-19H2,1-3H3,(H,33,35)/b32-20+/t21-,23+,24-,25+,26-,27+,28+,30+,31-/m1/s1. The van der Waals surface area contributed by atoms with Gasteiger partial charge in [-0.05, 0) is 116 Å². The molecule has 0 radical (unpaired) electrons. The summed E-state index contributed by atoms with van der Waals surface area (Å²) in [6.07, 6.45) is 14.6. The van der Waals surface area contributed by atoms with Crippen LogP contribution in [-0.2, 0) is 4.79 Å². The quantitative estimate of drug-likeness (QED) is 0.359. The summed E-state index contributed by atoms with van der Waals surface area (Å²) in [5.41, 5.74) is 4.60. The van der Waals surface area contributed by atoms with E-state index in [-0.39, 0.29) is 12.0 Å². The van der Waals surface area contributed by atoms with E-state index >= 15 is 0 Å². The molecule has 4 aliphatic rings. The van der Waals surface area contributed by atoms with Gasteiger partial charge < -0.3 is 5.11 Å². The molecule has 4 fully saturated rings. The smallest absolute Gasteiger partial charge is 0.240 e. The summed E-state index contributed by atoms with van der Waals surface area (Å²) < 4.78 is 0. The Morgan fingerprint density at radius 3 is 2.60 bits per heavy atom. The van der Waals surface area contributed by atoms with Gasteiger partial charge in [0, 0.05) is 6.42 Å². The van der Waals surface area contributed by atoms with Crippen molar-refractivity contribution >= 4 is 12.1 Å². The Balaban J connectivity index is 1.17. The molecular weight excluding hydrogens is 432 g/mol. The zero-order chi connectivity index (χ0) is 24.6. The average molecular weight is 479 g/mol. The van der Waals surface area contributed by atoms with E-state index in [0.29, 0.717) is 23.2 Å². The third-order valence-corrected chi connectivity index (χ3v) is 11.4. The van der Waals surface area contributed by atoms with Crippen LogP contribution in [0, 0.1) is 46.3 Å². The SMILES string of the molecule is C[C@H](CCC(=O)N/N=C/c1ccccc1)[C@H]1CC[C@H]2[C@@H]3CC[C@H]4C[C@H](O)CC[C@]4(C)[C@H]3CC[C@]12C. The first-order valence-electron chi connectivity index (χ1n) is 14.4. The monoisotopic (exact) mass is 478 g/mol. The molecule has 5 rings (SSSR count). The number of carbonyl (C=O) groups is 1. The van der Waals surface area contributed by atoms with Crippen LogP contribution in [0.5, 0.6) is 0 Å². The molecule has 1 aromatic rings.